The molecule has 1 aromatic heterocycles. The molecule has 1 N–H and O–H groups in total. The van der Waals surface area contributed by atoms with Gasteiger partial charge in [0.15, 0.2) is 0 Å². The molecular weight excluding hydrogens is 435 g/mol. The third-order valence-electron chi connectivity index (χ3n) is 5.58. The number of alkyl halides is 3. The average Bonchev–Trinajstić information content (AvgIpc) is 2.67. The van der Waals surface area contributed by atoms with E-state index in [9.17, 15) is 18.0 Å². The molecule has 0 atom stereocenters. The second-order valence-corrected chi connectivity index (χ2v) is 9.50. The average molecular weight is 466 g/mol. The molecule has 9 heteroatoms. The molecule has 180 valence electrons. The number of amides is 1. The lowest BCUT2D eigenvalue weighted by molar-refractivity contribution is -0.137. The number of aryl methyl sites for hydroxylation is 2. The number of nitrogens with one attached hydrogen (secondary N) is 1. The molecule has 1 aromatic carbocycles. The Bertz CT molecular complexity index is 997. The zero-order valence-electron chi connectivity index (χ0n) is 19.5. The molecule has 0 saturated heterocycles. The van der Waals surface area contributed by atoms with E-state index in [1.54, 1.807) is 0 Å². The Labute approximate surface area is 191 Å². The van der Waals surface area contributed by atoms with Crippen LogP contribution >= 0.6 is 0 Å². The lowest BCUT2D eigenvalue weighted by Crippen LogP contribution is -2.46. The van der Waals surface area contributed by atoms with Crippen molar-refractivity contribution in [2.24, 2.45) is 5.92 Å². The Balaban J connectivity index is 1.56. The predicted molar refractivity (Wildman–Crippen MR) is 118 cm³/mol. The lowest BCUT2D eigenvalue weighted by Gasteiger charge is -2.36. The summed E-state index contributed by atoms with van der Waals surface area (Å²) in [5, 5.41) is 11.4. The number of halogens is 3. The third-order valence-corrected chi connectivity index (χ3v) is 5.58. The van der Waals surface area contributed by atoms with Gasteiger partial charge >= 0.3 is 12.3 Å². The van der Waals surface area contributed by atoms with Gasteiger partial charge in [0.25, 0.3) is 0 Å². The predicted octanol–water partition coefficient (Wildman–Crippen LogP) is 5.72. The van der Waals surface area contributed by atoms with Crippen LogP contribution in [0.3, 0.4) is 0 Å². The van der Waals surface area contributed by atoms with Crippen LogP contribution < -0.4 is 10.1 Å². The molecule has 3 rings (SSSR count). The van der Waals surface area contributed by atoms with E-state index in [4.69, 9.17) is 9.47 Å². The van der Waals surface area contributed by atoms with Gasteiger partial charge < -0.3 is 14.8 Å². The van der Waals surface area contributed by atoms with Crippen LogP contribution in [0.15, 0.2) is 24.3 Å². The molecule has 1 heterocycles. The van der Waals surface area contributed by atoms with Gasteiger partial charge in [0.2, 0.25) is 0 Å². The summed E-state index contributed by atoms with van der Waals surface area (Å²) in [4.78, 5) is 11.8. The van der Waals surface area contributed by atoms with E-state index in [0.29, 0.717) is 17.2 Å². The van der Waals surface area contributed by atoms with Crippen LogP contribution in [0, 0.1) is 12.8 Å². The van der Waals surface area contributed by atoms with Crippen LogP contribution in [0.5, 0.6) is 5.75 Å². The Morgan fingerprint density at radius 3 is 2.42 bits per heavy atom. The van der Waals surface area contributed by atoms with Gasteiger partial charge in [-0.25, -0.2) is 4.79 Å². The van der Waals surface area contributed by atoms with Gasteiger partial charge in [-0.3, -0.25) is 0 Å². The van der Waals surface area contributed by atoms with Crippen molar-refractivity contribution < 1.29 is 27.4 Å². The number of nitrogens with zero attached hydrogens (tertiary/aromatic N) is 2. The van der Waals surface area contributed by atoms with Crippen molar-refractivity contribution in [3.63, 3.8) is 0 Å². The highest BCUT2D eigenvalue weighted by molar-refractivity contribution is 5.70. The summed E-state index contributed by atoms with van der Waals surface area (Å²) >= 11 is 0. The SMILES string of the molecule is COc1cc(C(F)(F)F)ccc1-c1nnc(CCC2CC(NC(=O)OC(C)(C)C)C2)cc1C. The summed E-state index contributed by atoms with van der Waals surface area (Å²) in [5.74, 6) is 0.592. The second kappa shape index (κ2) is 9.57. The van der Waals surface area contributed by atoms with E-state index in [-0.39, 0.29) is 17.9 Å². The standard InChI is InChI=1S/C24H30F3N3O3/c1-14-10-17(8-6-15-11-18(12-15)28-22(31)33-23(2,3)4)29-30-21(14)19-9-7-16(24(25,26)27)13-20(19)32-5/h7,9-10,13,15,18H,6,8,11-12H2,1-5H3,(H,28,31). The number of carbonyl (C=O) groups is 1. The molecule has 2 aromatic rings. The van der Waals surface area contributed by atoms with Gasteiger partial charge in [-0.15, -0.1) is 5.10 Å². The van der Waals surface area contributed by atoms with E-state index >= 15 is 0 Å². The van der Waals surface area contributed by atoms with Crippen molar-refractivity contribution in [2.75, 3.05) is 7.11 Å². The van der Waals surface area contributed by atoms with E-state index in [1.165, 1.54) is 13.2 Å². The molecule has 33 heavy (non-hydrogen) atoms. The summed E-state index contributed by atoms with van der Waals surface area (Å²) in [5.41, 5.74) is 1.32. The minimum Gasteiger partial charge on any atom is -0.496 e. The quantitative estimate of drug-likeness (QED) is 0.591. The smallest absolute Gasteiger partial charge is 0.416 e. The number of methoxy groups -OCH3 is 1. The number of carbonyl (C=O) groups excluding carboxylic acids is 1. The maximum absolute atomic E-state index is 13.0. The summed E-state index contributed by atoms with van der Waals surface area (Å²) in [6, 6.07) is 5.40. The molecule has 6 nitrogen and oxygen atoms in total. The van der Waals surface area contributed by atoms with E-state index in [1.807, 2.05) is 33.8 Å². The summed E-state index contributed by atoms with van der Waals surface area (Å²) in [6.45, 7) is 7.35. The van der Waals surface area contributed by atoms with Gasteiger partial charge in [-0.05, 0) is 89.1 Å². The third kappa shape index (κ3) is 6.58. The fourth-order valence-corrected chi connectivity index (χ4v) is 3.91. The highest BCUT2D eigenvalue weighted by atomic mass is 19.4. The highest BCUT2D eigenvalue weighted by Gasteiger charge is 2.32. The molecule has 0 aliphatic heterocycles. The van der Waals surface area contributed by atoms with Crippen molar-refractivity contribution in [1.29, 1.82) is 0 Å². The number of hydrogen-bond acceptors (Lipinski definition) is 5. The molecule has 1 saturated carbocycles. The Morgan fingerprint density at radius 1 is 1.15 bits per heavy atom. The van der Waals surface area contributed by atoms with Gasteiger partial charge in [0.1, 0.15) is 11.4 Å². The molecule has 0 radical (unpaired) electrons. The maximum Gasteiger partial charge on any atom is 0.416 e. The highest BCUT2D eigenvalue weighted by Crippen LogP contribution is 2.37. The Hall–Kier alpha value is -2.84. The van der Waals surface area contributed by atoms with E-state index in [2.05, 4.69) is 15.5 Å². The minimum atomic E-state index is -4.45. The zero-order valence-corrected chi connectivity index (χ0v) is 19.5. The van der Waals surface area contributed by atoms with Crippen LogP contribution in [-0.2, 0) is 17.3 Å². The van der Waals surface area contributed by atoms with Crippen molar-refractivity contribution in [3.8, 4) is 17.0 Å². The fraction of sp³-hybridized carbons (Fsp3) is 0.542. The first-order valence-electron chi connectivity index (χ1n) is 10.9. The molecule has 0 unspecified atom stereocenters. The number of ether oxygens (including phenoxy) is 2. The summed E-state index contributed by atoms with van der Waals surface area (Å²) < 4.78 is 49.4. The molecule has 0 bridgehead atoms. The van der Waals surface area contributed by atoms with Crippen LogP contribution in [-0.4, -0.2) is 35.0 Å². The number of aromatic nitrogens is 2. The number of rotatable bonds is 6. The van der Waals surface area contributed by atoms with Crippen molar-refractivity contribution in [2.45, 2.75) is 71.2 Å². The first-order chi connectivity index (χ1) is 15.4. The number of benzene rings is 1. The lowest BCUT2D eigenvalue weighted by atomic mass is 9.77. The summed E-state index contributed by atoms with van der Waals surface area (Å²) in [6.07, 6.45) is -1.38. The Kier molecular flexibility index (Phi) is 7.19. The van der Waals surface area contributed by atoms with Crippen molar-refractivity contribution in [1.82, 2.24) is 15.5 Å². The van der Waals surface area contributed by atoms with Crippen molar-refractivity contribution in [3.05, 3.63) is 41.1 Å². The first kappa shape index (κ1) is 24.8. The molecule has 0 spiro atoms. The normalized spacial score (nSPS) is 18.4. The van der Waals surface area contributed by atoms with E-state index < -0.39 is 17.3 Å². The van der Waals surface area contributed by atoms with Gasteiger partial charge in [0.05, 0.1) is 24.1 Å². The monoisotopic (exact) mass is 465 g/mol. The number of hydrogen-bond donors (Lipinski definition) is 1. The molecule has 1 aliphatic rings. The number of alkyl carbamates (subject to hydrolysis) is 1. The Morgan fingerprint density at radius 2 is 1.85 bits per heavy atom. The molecule has 1 amide bonds. The van der Waals surface area contributed by atoms with Crippen LogP contribution in [0.25, 0.3) is 11.3 Å². The molecule has 1 aliphatic carbocycles. The van der Waals surface area contributed by atoms with Crippen LogP contribution in [0.1, 0.15) is 56.9 Å². The minimum absolute atomic E-state index is 0.105. The second-order valence-electron chi connectivity index (χ2n) is 9.50. The summed E-state index contributed by atoms with van der Waals surface area (Å²) in [7, 11) is 1.33. The van der Waals surface area contributed by atoms with Gasteiger partial charge in [-0.1, -0.05) is 0 Å². The molecule has 1 fully saturated rings. The zero-order chi connectivity index (χ0) is 24.4. The topological polar surface area (TPSA) is 73.3 Å². The largest absolute Gasteiger partial charge is 0.496 e. The van der Waals surface area contributed by atoms with Crippen LogP contribution in [0.4, 0.5) is 18.0 Å². The van der Waals surface area contributed by atoms with Crippen LogP contribution in [0.2, 0.25) is 0 Å². The van der Waals surface area contributed by atoms with Crippen molar-refractivity contribution >= 4 is 6.09 Å². The van der Waals surface area contributed by atoms with E-state index in [0.717, 1.165) is 49.1 Å². The van der Waals surface area contributed by atoms with Gasteiger partial charge in [-0.2, -0.15) is 18.3 Å². The van der Waals surface area contributed by atoms with Gasteiger partial charge in [0, 0.05) is 11.6 Å². The fourth-order valence-electron chi connectivity index (χ4n) is 3.91. The molecular formula is C24H30F3N3O3. The first-order valence-corrected chi connectivity index (χ1v) is 10.9. The maximum atomic E-state index is 13.0.